The van der Waals surface area contributed by atoms with E-state index < -0.39 is 17.7 Å². The predicted octanol–water partition coefficient (Wildman–Crippen LogP) is 3.79. The third-order valence-electron chi connectivity index (χ3n) is 4.80. The van der Waals surface area contributed by atoms with Crippen molar-refractivity contribution in [2.45, 2.75) is 0 Å². The summed E-state index contributed by atoms with van der Waals surface area (Å²) < 4.78 is 5.36. The molecule has 174 valence electrons. The molecule has 0 spiro atoms. The molecule has 0 aliphatic heterocycles. The fourth-order valence-corrected chi connectivity index (χ4v) is 3.22. The summed E-state index contributed by atoms with van der Waals surface area (Å²) in [5.41, 5.74) is 2.98. The topological polar surface area (TPSA) is 130 Å². The van der Waals surface area contributed by atoms with Crippen molar-refractivity contribution in [3.63, 3.8) is 0 Å². The van der Waals surface area contributed by atoms with Gasteiger partial charge in [0.15, 0.2) is 0 Å². The standard InChI is InChI=1S/C25H17ClN4O5/c26-16-9-11-17(12-10-16)28-23(32)18-5-1-3-7-20(18)29-24(33)25(34)30-27-13-15-14-35-21-8-4-2-6-19(21)22(15)31/h1-14H,(H,28,32)(H,29,33)(H,30,34)/b27-13+. The number of fused-ring (bicyclic) bond motifs is 1. The molecule has 0 saturated carbocycles. The number of halogens is 1. The summed E-state index contributed by atoms with van der Waals surface area (Å²) in [6.45, 7) is 0. The van der Waals surface area contributed by atoms with E-state index in [1.54, 1.807) is 60.7 Å². The Balaban J connectivity index is 1.41. The number of benzene rings is 3. The molecule has 35 heavy (non-hydrogen) atoms. The van der Waals surface area contributed by atoms with E-state index in [2.05, 4.69) is 15.7 Å². The first-order chi connectivity index (χ1) is 16.9. The molecule has 1 heterocycles. The van der Waals surface area contributed by atoms with Crippen LogP contribution in [0.4, 0.5) is 11.4 Å². The highest BCUT2D eigenvalue weighted by atomic mass is 35.5. The van der Waals surface area contributed by atoms with Gasteiger partial charge in [0.2, 0.25) is 5.43 Å². The fourth-order valence-electron chi connectivity index (χ4n) is 3.09. The number of hydrazone groups is 1. The van der Waals surface area contributed by atoms with Gasteiger partial charge in [-0.3, -0.25) is 19.2 Å². The largest absolute Gasteiger partial charge is 0.463 e. The van der Waals surface area contributed by atoms with Crippen LogP contribution in [-0.2, 0) is 9.59 Å². The van der Waals surface area contributed by atoms with Crippen molar-refractivity contribution in [1.29, 1.82) is 0 Å². The van der Waals surface area contributed by atoms with Crippen molar-refractivity contribution in [2.24, 2.45) is 5.10 Å². The number of hydrogen-bond acceptors (Lipinski definition) is 6. The van der Waals surface area contributed by atoms with Gasteiger partial charge in [-0.25, -0.2) is 5.43 Å². The molecule has 4 rings (SSSR count). The fraction of sp³-hybridized carbons (Fsp3) is 0. The molecule has 0 bridgehead atoms. The summed E-state index contributed by atoms with van der Waals surface area (Å²) in [6, 6.07) is 19.4. The molecule has 0 aliphatic carbocycles. The quantitative estimate of drug-likeness (QED) is 0.223. The van der Waals surface area contributed by atoms with Crippen LogP contribution in [0.15, 0.2) is 93.4 Å². The summed E-state index contributed by atoms with van der Waals surface area (Å²) >= 11 is 5.85. The van der Waals surface area contributed by atoms with Gasteiger partial charge in [-0.1, -0.05) is 35.9 Å². The van der Waals surface area contributed by atoms with Gasteiger partial charge in [0, 0.05) is 10.7 Å². The highest BCUT2D eigenvalue weighted by Gasteiger charge is 2.18. The van der Waals surface area contributed by atoms with E-state index >= 15 is 0 Å². The van der Waals surface area contributed by atoms with Crippen LogP contribution in [0.1, 0.15) is 15.9 Å². The predicted molar refractivity (Wildman–Crippen MR) is 133 cm³/mol. The Morgan fingerprint density at radius 3 is 2.37 bits per heavy atom. The summed E-state index contributed by atoms with van der Waals surface area (Å²) in [6.07, 6.45) is 2.28. The minimum Gasteiger partial charge on any atom is -0.463 e. The molecular formula is C25H17ClN4O5. The Labute approximate surface area is 203 Å². The van der Waals surface area contributed by atoms with E-state index in [-0.39, 0.29) is 22.2 Å². The molecular weight excluding hydrogens is 472 g/mol. The number of nitrogens with zero attached hydrogens (tertiary/aromatic N) is 1. The van der Waals surface area contributed by atoms with Gasteiger partial charge in [0.1, 0.15) is 11.8 Å². The molecule has 3 amide bonds. The van der Waals surface area contributed by atoms with Gasteiger partial charge >= 0.3 is 11.8 Å². The van der Waals surface area contributed by atoms with Crippen LogP contribution in [0.25, 0.3) is 11.0 Å². The first-order valence-electron chi connectivity index (χ1n) is 10.2. The molecule has 0 saturated heterocycles. The number of carbonyl (C=O) groups excluding carboxylic acids is 3. The van der Waals surface area contributed by atoms with Gasteiger partial charge in [0.05, 0.1) is 28.4 Å². The summed E-state index contributed by atoms with van der Waals surface area (Å²) in [5, 5.41) is 9.60. The molecule has 10 heteroatoms. The Morgan fingerprint density at radius 2 is 1.57 bits per heavy atom. The number of nitrogens with one attached hydrogen (secondary N) is 3. The first kappa shape index (κ1) is 23.4. The van der Waals surface area contributed by atoms with Gasteiger partial charge < -0.3 is 15.1 Å². The van der Waals surface area contributed by atoms with Crippen molar-refractivity contribution in [3.05, 3.63) is 105 Å². The van der Waals surface area contributed by atoms with Crippen molar-refractivity contribution in [1.82, 2.24) is 5.43 Å². The Kier molecular flexibility index (Phi) is 6.99. The Bertz CT molecular complexity index is 1510. The zero-order chi connectivity index (χ0) is 24.8. The third-order valence-corrected chi connectivity index (χ3v) is 5.06. The van der Waals surface area contributed by atoms with E-state index in [4.69, 9.17) is 16.0 Å². The first-order valence-corrected chi connectivity index (χ1v) is 10.6. The molecule has 4 aromatic rings. The lowest BCUT2D eigenvalue weighted by atomic mass is 10.1. The minimum atomic E-state index is -1.10. The number of carbonyl (C=O) groups is 3. The molecule has 3 aromatic carbocycles. The molecule has 0 aliphatic rings. The van der Waals surface area contributed by atoms with Crippen molar-refractivity contribution in [3.8, 4) is 0 Å². The zero-order valence-corrected chi connectivity index (χ0v) is 18.7. The summed E-state index contributed by atoms with van der Waals surface area (Å²) in [5.74, 6) is -2.65. The van der Waals surface area contributed by atoms with Crippen LogP contribution in [0.3, 0.4) is 0 Å². The average molecular weight is 489 g/mol. The molecule has 1 aromatic heterocycles. The van der Waals surface area contributed by atoms with Crippen LogP contribution in [-0.4, -0.2) is 23.9 Å². The van der Waals surface area contributed by atoms with Gasteiger partial charge in [-0.2, -0.15) is 5.10 Å². The molecule has 0 atom stereocenters. The number of para-hydroxylation sites is 2. The lowest BCUT2D eigenvalue weighted by Gasteiger charge is -2.11. The van der Waals surface area contributed by atoms with E-state index in [9.17, 15) is 19.2 Å². The van der Waals surface area contributed by atoms with Crippen molar-refractivity contribution in [2.75, 3.05) is 10.6 Å². The second kappa shape index (κ2) is 10.4. The van der Waals surface area contributed by atoms with Crippen LogP contribution < -0.4 is 21.5 Å². The SMILES string of the molecule is O=C(N/N=C/c1coc2ccccc2c1=O)C(=O)Nc1ccccc1C(=O)Nc1ccc(Cl)cc1. The van der Waals surface area contributed by atoms with E-state index in [0.29, 0.717) is 21.7 Å². The Hall–Kier alpha value is -4.76. The van der Waals surface area contributed by atoms with E-state index in [1.165, 1.54) is 18.4 Å². The van der Waals surface area contributed by atoms with Crippen LogP contribution in [0.2, 0.25) is 5.02 Å². The van der Waals surface area contributed by atoms with Crippen molar-refractivity contribution >= 4 is 57.9 Å². The minimum absolute atomic E-state index is 0.0913. The van der Waals surface area contributed by atoms with E-state index in [1.807, 2.05) is 5.43 Å². The molecule has 0 fully saturated rings. The molecule has 0 unspecified atom stereocenters. The lowest BCUT2D eigenvalue weighted by molar-refractivity contribution is -0.136. The molecule has 0 radical (unpaired) electrons. The smallest absolute Gasteiger partial charge is 0.329 e. The van der Waals surface area contributed by atoms with Gasteiger partial charge in [-0.05, 0) is 48.5 Å². The summed E-state index contributed by atoms with van der Waals surface area (Å²) in [7, 11) is 0. The molecule has 3 N–H and O–H groups in total. The van der Waals surface area contributed by atoms with Gasteiger partial charge in [0.25, 0.3) is 5.91 Å². The third kappa shape index (κ3) is 5.60. The van der Waals surface area contributed by atoms with Crippen molar-refractivity contribution < 1.29 is 18.8 Å². The maximum Gasteiger partial charge on any atom is 0.329 e. The number of anilines is 2. The zero-order valence-electron chi connectivity index (χ0n) is 17.9. The van der Waals surface area contributed by atoms with E-state index in [0.717, 1.165) is 6.21 Å². The highest BCUT2D eigenvalue weighted by molar-refractivity contribution is 6.40. The average Bonchev–Trinajstić information content (AvgIpc) is 2.87. The van der Waals surface area contributed by atoms with Crippen LogP contribution >= 0.6 is 11.6 Å². The second-order valence-corrected chi connectivity index (χ2v) is 7.61. The van der Waals surface area contributed by atoms with Crippen LogP contribution in [0, 0.1) is 0 Å². The van der Waals surface area contributed by atoms with Crippen LogP contribution in [0.5, 0.6) is 0 Å². The monoisotopic (exact) mass is 488 g/mol. The maximum atomic E-state index is 12.7. The maximum absolute atomic E-state index is 12.7. The number of amides is 3. The highest BCUT2D eigenvalue weighted by Crippen LogP contribution is 2.19. The number of hydrogen-bond donors (Lipinski definition) is 3. The second-order valence-electron chi connectivity index (χ2n) is 7.18. The normalized spacial score (nSPS) is 10.8. The summed E-state index contributed by atoms with van der Waals surface area (Å²) in [4.78, 5) is 49.6. The molecule has 9 nitrogen and oxygen atoms in total. The number of rotatable bonds is 5. The lowest BCUT2D eigenvalue weighted by Crippen LogP contribution is -2.33. The Morgan fingerprint density at radius 1 is 0.857 bits per heavy atom. The van der Waals surface area contributed by atoms with Gasteiger partial charge in [-0.15, -0.1) is 0 Å².